The Morgan fingerprint density at radius 3 is 2.72 bits per heavy atom. The summed E-state index contributed by atoms with van der Waals surface area (Å²) in [5.41, 5.74) is -0.865. The zero-order valence-electron chi connectivity index (χ0n) is 13.6. The van der Waals surface area contributed by atoms with E-state index in [1.54, 1.807) is 12.1 Å². The van der Waals surface area contributed by atoms with Crippen molar-refractivity contribution in [2.24, 2.45) is 14.1 Å². The van der Waals surface area contributed by atoms with Gasteiger partial charge in [0, 0.05) is 14.1 Å². The van der Waals surface area contributed by atoms with E-state index >= 15 is 0 Å². The number of fused-ring (bicyclic) bond motifs is 1. The van der Waals surface area contributed by atoms with Gasteiger partial charge in [-0.15, -0.1) is 0 Å². The Balaban J connectivity index is 1.87. The summed E-state index contributed by atoms with van der Waals surface area (Å²) >= 11 is 0. The van der Waals surface area contributed by atoms with Crippen molar-refractivity contribution in [2.75, 3.05) is 6.54 Å². The third kappa shape index (κ3) is 2.96. The van der Waals surface area contributed by atoms with Gasteiger partial charge < -0.3 is 14.8 Å². The van der Waals surface area contributed by atoms with E-state index in [9.17, 15) is 19.5 Å². The van der Waals surface area contributed by atoms with Gasteiger partial charge in [0.1, 0.15) is 23.2 Å². The Kier molecular flexibility index (Phi) is 4.24. The number of hydrogen-bond donors (Lipinski definition) is 2. The van der Waals surface area contributed by atoms with E-state index < -0.39 is 23.3 Å². The van der Waals surface area contributed by atoms with Crippen LogP contribution in [0.5, 0.6) is 0 Å². The maximum Gasteiger partial charge on any atom is 0.332 e. The van der Waals surface area contributed by atoms with Crippen molar-refractivity contribution in [1.82, 2.24) is 19.4 Å². The maximum absolute atomic E-state index is 12.2. The predicted octanol–water partition coefficient (Wildman–Crippen LogP) is -0.311. The highest BCUT2D eigenvalue weighted by atomic mass is 16.4. The molecule has 9 nitrogen and oxygen atoms in total. The van der Waals surface area contributed by atoms with Crippen molar-refractivity contribution >= 4 is 16.9 Å². The number of pyridine rings is 1. The van der Waals surface area contributed by atoms with E-state index in [0.717, 1.165) is 4.57 Å². The molecule has 1 unspecified atom stereocenters. The maximum atomic E-state index is 12.2. The molecule has 0 saturated heterocycles. The van der Waals surface area contributed by atoms with Gasteiger partial charge in [0.05, 0.1) is 18.2 Å². The van der Waals surface area contributed by atoms with E-state index in [4.69, 9.17) is 4.42 Å². The van der Waals surface area contributed by atoms with E-state index in [0.29, 0.717) is 5.76 Å². The van der Waals surface area contributed by atoms with Gasteiger partial charge >= 0.3 is 5.69 Å². The molecule has 2 N–H and O–H groups in total. The number of rotatable bonds is 4. The second-order valence-electron chi connectivity index (χ2n) is 5.51. The standard InChI is InChI=1S/C16H16N4O5/c1-19-13-9(15(23)20(2)16(19)24)5-6-10(18-13)14(22)17-8-11(21)12-4-3-7-25-12/h3-7,11,21H,8H2,1-2H3,(H,17,22). The molecule has 0 saturated carbocycles. The fraction of sp³-hybridized carbons (Fsp3) is 0.250. The summed E-state index contributed by atoms with van der Waals surface area (Å²) in [6, 6.07) is 6.06. The molecule has 9 heteroatoms. The SMILES string of the molecule is Cn1c(=O)c2ccc(C(=O)NCC(O)c3ccco3)nc2n(C)c1=O. The monoisotopic (exact) mass is 344 g/mol. The van der Waals surface area contributed by atoms with E-state index in [-0.39, 0.29) is 23.3 Å². The molecule has 130 valence electrons. The topological polar surface area (TPSA) is 119 Å². The van der Waals surface area contributed by atoms with Crippen molar-refractivity contribution in [3.63, 3.8) is 0 Å². The summed E-state index contributed by atoms with van der Waals surface area (Å²) in [6.45, 7) is -0.0679. The van der Waals surface area contributed by atoms with Gasteiger partial charge in [-0.2, -0.15) is 0 Å². The normalized spacial score (nSPS) is 12.3. The van der Waals surface area contributed by atoms with Crippen LogP contribution >= 0.6 is 0 Å². The third-order valence-corrected chi connectivity index (χ3v) is 3.86. The van der Waals surface area contributed by atoms with Crippen LogP contribution in [0, 0.1) is 0 Å². The fourth-order valence-electron chi connectivity index (χ4n) is 2.44. The Morgan fingerprint density at radius 2 is 2.04 bits per heavy atom. The van der Waals surface area contributed by atoms with Crippen molar-refractivity contribution in [3.05, 3.63) is 62.8 Å². The van der Waals surface area contributed by atoms with E-state index in [1.165, 1.54) is 37.1 Å². The van der Waals surface area contributed by atoms with Crippen molar-refractivity contribution in [2.45, 2.75) is 6.10 Å². The van der Waals surface area contributed by atoms with Gasteiger partial charge in [-0.1, -0.05) is 0 Å². The number of furan rings is 1. The first-order valence-electron chi connectivity index (χ1n) is 7.46. The number of aryl methyl sites for hydroxylation is 1. The Hall–Kier alpha value is -3.20. The number of amides is 1. The molecule has 1 amide bonds. The zero-order valence-corrected chi connectivity index (χ0v) is 13.6. The zero-order chi connectivity index (χ0) is 18.1. The highest BCUT2D eigenvalue weighted by Gasteiger charge is 2.16. The lowest BCUT2D eigenvalue weighted by atomic mass is 10.2. The number of nitrogens with one attached hydrogen (secondary N) is 1. The molecule has 0 aliphatic rings. The van der Waals surface area contributed by atoms with Crippen LogP contribution in [0.2, 0.25) is 0 Å². The summed E-state index contributed by atoms with van der Waals surface area (Å²) in [5, 5.41) is 12.7. The average molecular weight is 344 g/mol. The van der Waals surface area contributed by atoms with Crippen LogP contribution in [0.3, 0.4) is 0 Å². The van der Waals surface area contributed by atoms with E-state index in [2.05, 4.69) is 10.3 Å². The number of aromatic nitrogens is 3. The second kappa shape index (κ2) is 6.36. The molecule has 0 spiro atoms. The molecule has 0 radical (unpaired) electrons. The molecule has 25 heavy (non-hydrogen) atoms. The summed E-state index contributed by atoms with van der Waals surface area (Å²) in [5.74, 6) is -0.210. The lowest BCUT2D eigenvalue weighted by molar-refractivity contribution is 0.0896. The molecule has 0 aromatic carbocycles. The summed E-state index contributed by atoms with van der Waals surface area (Å²) in [4.78, 5) is 40.4. The van der Waals surface area contributed by atoms with Gasteiger partial charge in [-0.05, 0) is 24.3 Å². The quantitative estimate of drug-likeness (QED) is 0.670. The number of aliphatic hydroxyl groups excluding tert-OH is 1. The molecule has 0 aliphatic carbocycles. The first-order chi connectivity index (χ1) is 11.9. The number of carbonyl (C=O) groups excluding carboxylic acids is 1. The summed E-state index contributed by atoms with van der Waals surface area (Å²) < 4.78 is 7.23. The van der Waals surface area contributed by atoms with Crippen LogP contribution in [-0.4, -0.2) is 31.7 Å². The predicted molar refractivity (Wildman–Crippen MR) is 88.2 cm³/mol. The Morgan fingerprint density at radius 1 is 1.28 bits per heavy atom. The number of aliphatic hydroxyl groups is 1. The van der Waals surface area contributed by atoms with Crippen molar-refractivity contribution in [1.29, 1.82) is 0 Å². The molecule has 0 fully saturated rings. The minimum Gasteiger partial charge on any atom is -0.467 e. The largest absolute Gasteiger partial charge is 0.467 e. The lowest BCUT2D eigenvalue weighted by Gasteiger charge is -2.10. The molecule has 1 atom stereocenters. The molecule has 3 rings (SSSR count). The minimum absolute atomic E-state index is 0.0300. The molecule has 3 aromatic heterocycles. The van der Waals surface area contributed by atoms with Crippen LogP contribution in [0.4, 0.5) is 0 Å². The van der Waals surface area contributed by atoms with Crippen LogP contribution in [0.25, 0.3) is 11.0 Å². The first kappa shape index (κ1) is 16.7. The smallest absolute Gasteiger partial charge is 0.332 e. The van der Waals surface area contributed by atoms with Crippen LogP contribution in [0.15, 0.2) is 44.5 Å². The minimum atomic E-state index is -0.990. The Labute approximate surface area is 141 Å². The molecule has 3 heterocycles. The van der Waals surface area contributed by atoms with Gasteiger partial charge in [-0.25, -0.2) is 9.78 Å². The Bertz CT molecular complexity index is 1050. The molecular weight excluding hydrogens is 328 g/mol. The average Bonchev–Trinajstić information content (AvgIpc) is 3.16. The van der Waals surface area contributed by atoms with Gasteiger partial charge in [0.2, 0.25) is 0 Å². The first-order valence-corrected chi connectivity index (χ1v) is 7.46. The molecule has 3 aromatic rings. The van der Waals surface area contributed by atoms with Crippen LogP contribution < -0.4 is 16.6 Å². The molecular formula is C16H16N4O5. The highest BCUT2D eigenvalue weighted by Crippen LogP contribution is 2.12. The summed E-state index contributed by atoms with van der Waals surface area (Å²) in [7, 11) is 2.85. The van der Waals surface area contributed by atoms with Gasteiger partial charge in [0.15, 0.2) is 0 Å². The molecule has 0 bridgehead atoms. The number of carbonyl (C=O) groups is 1. The van der Waals surface area contributed by atoms with Crippen molar-refractivity contribution < 1.29 is 14.3 Å². The van der Waals surface area contributed by atoms with Crippen molar-refractivity contribution in [3.8, 4) is 0 Å². The van der Waals surface area contributed by atoms with Gasteiger partial charge in [0.25, 0.3) is 11.5 Å². The summed E-state index contributed by atoms with van der Waals surface area (Å²) in [6.07, 6.45) is 0.433. The van der Waals surface area contributed by atoms with Crippen LogP contribution in [0.1, 0.15) is 22.4 Å². The number of hydrogen-bond acceptors (Lipinski definition) is 6. The number of nitrogens with zero attached hydrogens (tertiary/aromatic N) is 3. The molecule has 0 aliphatic heterocycles. The van der Waals surface area contributed by atoms with E-state index in [1.807, 2.05) is 0 Å². The highest BCUT2D eigenvalue weighted by molar-refractivity contribution is 5.94. The van der Waals surface area contributed by atoms with Crippen LogP contribution in [-0.2, 0) is 14.1 Å². The lowest BCUT2D eigenvalue weighted by Crippen LogP contribution is -2.37. The van der Waals surface area contributed by atoms with Gasteiger partial charge in [-0.3, -0.25) is 18.7 Å². The third-order valence-electron chi connectivity index (χ3n) is 3.86. The fourth-order valence-corrected chi connectivity index (χ4v) is 2.44. The second-order valence-corrected chi connectivity index (χ2v) is 5.51.